The van der Waals surface area contributed by atoms with Gasteiger partial charge in [-0.3, -0.25) is 4.79 Å². The van der Waals surface area contributed by atoms with Crippen LogP contribution in [0.2, 0.25) is 5.15 Å². The molecule has 0 unspecified atom stereocenters. The van der Waals surface area contributed by atoms with Crippen LogP contribution < -0.4 is 0 Å². The maximum Gasteiger partial charge on any atom is 0.191 e. The lowest BCUT2D eigenvalue weighted by Gasteiger charge is -2.03. The molecule has 1 aromatic carbocycles. The van der Waals surface area contributed by atoms with Crippen molar-refractivity contribution in [3.8, 4) is 11.4 Å². The maximum atomic E-state index is 13.8. The number of carbonyl (C=O) groups is 1. The van der Waals surface area contributed by atoms with E-state index in [0.717, 1.165) is 0 Å². The first-order chi connectivity index (χ1) is 10.1. The van der Waals surface area contributed by atoms with Crippen LogP contribution in [0.3, 0.4) is 0 Å². The van der Waals surface area contributed by atoms with Crippen LogP contribution in [0, 0.1) is 5.82 Å². The summed E-state index contributed by atoms with van der Waals surface area (Å²) in [6.07, 6.45) is 0. The van der Waals surface area contributed by atoms with Gasteiger partial charge in [0.05, 0.1) is 11.1 Å². The third kappa shape index (κ3) is 2.26. The summed E-state index contributed by atoms with van der Waals surface area (Å²) in [7, 11) is 0. The van der Waals surface area contributed by atoms with E-state index in [-0.39, 0.29) is 27.8 Å². The van der Waals surface area contributed by atoms with E-state index >= 15 is 0 Å². The Morgan fingerprint density at radius 2 is 2.10 bits per heavy atom. The van der Waals surface area contributed by atoms with Crippen molar-refractivity contribution < 1.29 is 14.3 Å². The van der Waals surface area contributed by atoms with Gasteiger partial charge in [-0.25, -0.2) is 4.39 Å². The maximum absolute atomic E-state index is 13.8. The quantitative estimate of drug-likeness (QED) is 0.746. The summed E-state index contributed by atoms with van der Waals surface area (Å²) < 4.78 is 15.1. The fourth-order valence-corrected chi connectivity index (χ4v) is 2.14. The highest BCUT2D eigenvalue weighted by molar-refractivity contribution is 6.32. The van der Waals surface area contributed by atoms with Crippen molar-refractivity contribution in [2.75, 3.05) is 6.61 Å². The van der Waals surface area contributed by atoms with Crippen LogP contribution in [0.25, 0.3) is 17.0 Å². The Morgan fingerprint density at radius 1 is 1.33 bits per heavy atom. The molecular formula is C13H8ClFN4O2. The van der Waals surface area contributed by atoms with Gasteiger partial charge >= 0.3 is 0 Å². The minimum Gasteiger partial charge on any atom is -0.388 e. The molecule has 0 aliphatic carbocycles. The lowest BCUT2D eigenvalue weighted by Crippen LogP contribution is -2.08. The van der Waals surface area contributed by atoms with Gasteiger partial charge in [0.2, 0.25) is 0 Å². The number of aromatic nitrogens is 4. The average Bonchev–Trinajstić information content (AvgIpc) is 2.88. The van der Waals surface area contributed by atoms with Crippen molar-refractivity contribution >= 4 is 23.0 Å². The summed E-state index contributed by atoms with van der Waals surface area (Å²) in [5, 5.41) is 20.5. The largest absolute Gasteiger partial charge is 0.388 e. The van der Waals surface area contributed by atoms with Crippen LogP contribution in [-0.2, 0) is 0 Å². The molecule has 3 rings (SSSR count). The lowest BCUT2D eigenvalue weighted by molar-refractivity contribution is 0.0903. The zero-order valence-corrected chi connectivity index (χ0v) is 11.3. The molecule has 0 saturated heterocycles. The molecule has 2 heterocycles. The SMILES string of the molecule is O=C(CO)c1cc2nnc(-c3ccccc3F)n2nc1Cl. The number of ketones is 1. The van der Waals surface area contributed by atoms with Gasteiger partial charge in [-0.05, 0) is 18.2 Å². The van der Waals surface area contributed by atoms with Crippen LogP contribution in [-0.4, -0.2) is 37.3 Å². The predicted octanol–water partition coefficient (Wildman–Crippen LogP) is 1.76. The van der Waals surface area contributed by atoms with Gasteiger partial charge in [0, 0.05) is 0 Å². The standard InChI is InChI=1S/C13H8ClFN4O2/c14-12-8(10(21)6-20)5-11-16-17-13(19(11)18-12)7-3-1-2-4-9(7)15/h1-5,20H,6H2. The lowest BCUT2D eigenvalue weighted by atomic mass is 10.2. The topological polar surface area (TPSA) is 80.4 Å². The summed E-state index contributed by atoms with van der Waals surface area (Å²) in [6, 6.07) is 7.40. The summed E-state index contributed by atoms with van der Waals surface area (Å²) >= 11 is 5.92. The van der Waals surface area contributed by atoms with Crippen LogP contribution in [0.15, 0.2) is 30.3 Å². The van der Waals surface area contributed by atoms with Crippen LogP contribution in [0.4, 0.5) is 4.39 Å². The van der Waals surface area contributed by atoms with E-state index in [0.29, 0.717) is 0 Å². The second kappa shape index (κ2) is 5.19. The number of aliphatic hydroxyl groups excluding tert-OH is 1. The van der Waals surface area contributed by atoms with E-state index < -0.39 is 18.2 Å². The molecule has 2 aromatic heterocycles. The highest BCUT2D eigenvalue weighted by atomic mass is 35.5. The summed E-state index contributed by atoms with van der Waals surface area (Å²) in [6.45, 7) is -0.689. The molecule has 0 atom stereocenters. The first kappa shape index (κ1) is 13.6. The van der Waals surface area contributed by atoms with Crippen LogP contribution in [0.1, 0.15) is 10.4 Å². The number of rotatable bonds is 3. The van der Waals surface area contributed by atoms with Crippen molar-refractivity contribution in [1.29, 1.82) is 0 Å². The van der Waals surface area contributed by atoms with Crippen molar-refractivity contribution in [3.63, 3.8) is 0 Å². The number of carbonyl (C=O) groups excluding carboxylic acids is 1. The number of hydrogen-bond donors (Lipinski definition) is 1. The van der Waals surface area contributed by atoms with Gasteiger partial charge in [-0.15, -0.1) is 10.2 Å². The Balaban J connectivity index is 2.22. The number of aliphatic hydroxyl groups is 1. The van der Waals surface area contributed by atoms with Gasteiger partial charge in [0.25, 0.3) is 0 Å². The van der Waals surface area contributed by atoms with Gasteiger partial charge < -0.3 is 5.11 Å². The molecule has 0 aliphatic rings. The summed E-state index contributed by atoms with van der Waals surface area (Å²) in [5.74, 6) is -0.876. The highest BCUT2D eigenvalue weighted by Gasteiger charge is 2.18. The summed E-state index contributed by atoms with van der Waals surface area (Å²) in [5.41, 5.74) is 0.489. The third-order valence-corrected chi connectivity index (χ3v) is 3.19. The monoisotopic (exact) mass is 306 g/mol. The van der Waals surface area contributed by atoms with E-state index in [2.05, 4.69) is 15.3 Å². The van der Waals surface area contributed by atoms with Crippen molar-refractivity contribution in [3.05, 3.63) is 46.9 Å². The zero-order valence-electron chi connectivity index (χ0n) is 10.5. The molecule has 0 aliphatic heterocycles. The zero-order chi connectivity index (χ0) is 15.0. The van der Waals surface area contributed by atoms with Gasteiger partial charge in [0.1, 0.15) is 12.4 Å². The van der Waals surface area contributed by atoms with Crippen molar-refractivity contribution in [1.82, 2.24) is 19.8 Å². The first-order valence-corrected chi connectivity index (χ1v) is 6.30. The third-order valence-electron chi connectivity index (χ3n) is 2.91. The minimum absolute atomic E-state index is 0.0409. The Bertz CT molecular complexity index is 849. The molecule has 21 heavy (non-hydrogen) atoms. The number of nitrogens with zero attached hydrogens (tertiary/aromatic N) is 4. The Hall–Kier alpha value is -2.38. The molecule has 0 radical (unpaired) electrons. The number of halogens is 2. The summed E-state index contributed by atoms with van der Waals surface area (Å²) in [4.78, 5) is 11.5. The fourth-order valence-electron chi connectivity index (χ4n) is 1.90. The van der Waals surface area contributed by atoms with E-state index in [1.54, 1.807) is 12.1 Å². The Labute approximate surface area is 122 Å². The molecule has 0 bridgehead atoms. The van der Waals surface area contributed by atoms with Gasteiger partial charge in [-0.1, -0.05) is 23.7 Å². The molecule has 0 saturated carbocycles. The van der Waals surface area contributed by atoms with E-state index in [1.807, 2.05) is 0 Å². The smallest absolute Gasteiger partial charge is 0.191 e. The normalized spacial score (nSPS) is 11.0. The van der Waals surface area contributed by atoms with Gasteiger partial charge in [-0.2, -0.15) is 9.61 Å². The van der Waals surface area contributed by atoms with E-state index in [4.69, 9.17) is 16.7 Å². The number of Topliss-reactive ketones (excluding diaryl/α,β-unsaturated/α-hetero) is 1. The Morgan fingerprint density at radius 3 is 2.81 bits per heavy atom. The number of benzene rings is 1. The molecule has 106 valence electrons. The molecule has 8 heteroatoms. The van der Waals surface area contributed by atoms with Gasteiger partial charge in [0.15, 0.2) is 22.4 Å². The van der Waals surface area contributed by atoms with Crippen LogP contribution >= 0.6 is 11.6 Å². The molecule has 0 amide bonds. The second-order valence-electron chi connectivity index (χ2n) is 4.20. The number of fused-ring (bicyclic) bond motifs is 1. The first-order valence-electron chi connectivity index (χ1n) is 5.92. The van der Waals surface area contributed by atoms with Crippen LogP contribution in [0.5, 0.6) is 0 Å². The molecule has 0 fully saturated rings. The van der Waals surface area contributed by atoms with Crippen molar-refractivity contribution in [2.24, 2.45) is 0 Å². The predicted molar refractivity (Wildman–Crippen MR) is 72.6 cm³/mol. The van der Waals surface area contributed by atoms with E-state index in [1.165, 1.54) is 22.7 Å². The van der Waals surface area contributed by atoms with Crippen molar-refractivity contribution in [2.45, 2.75) is 0 Å². The molecule has 1 N–H and O–H groups in total. The molecular weight excluding hydrogens is 299 g/mol. The minimum atomic E-state index is -0.689. The molecule has 6 nitrogen and oxygen atoms in total. The second-order valence-corrected chi connectivity index (χ2v) is 4.56. The molecule has 0 spiro atoms. The van der Waals surface area contributed by atoms with E-state index in [9.17, 15) is 9.18 Å². The molecule has 3 aromatic rings. The number of hydrogen-bond acceptors (Lipinski definition) is 5. The highest BCUT2D eigenvalue weighted by Crippen LogP contribution is 2.23. The fraction of sp³-hybridized carbons (Fsp3) is 0.0769. The average molecular weight is 307 g/mol. The Kier molecular flexibility index (Phi) is 3.36.